The third-order valence-electron chi connectivity index (χ3n) is 4.95. The van der Waals surface area contributed by atoms with Crippen LogP contribution in [-0.4, -0.2) is 40.0 Å². The Labute approximate surface area is 148 Å². The van der Waals surface area contributed by atoms with Crippen molar-refractivity contribution in [3.8, 4) is 6.07 Å². The van der Waals surface area contributed by atoms with Gasteiger partial charge in [0.25, 0.3) is 0 Å². The van der Waals surface area contributed by atoms with Gasteiger partial charge in [-0.2, -0.15) is 18.4 Å². The van der Waals surface area contributed by atoms with Gasteiger partial charge in [-0.3, -0.25) is 9.88 Å². The van der Waals surface area contributed by atoms with Crippen molar-refractivity contribution in [2.45, 2.75) is 31.2 Å². The topological polar surface area (TPSA) is 56.1 Å². The Morgan fingerprint density at radius 2 is 1.92 bits per heavy atom. The van der Waals surface area contributed by atoms with Crippen molar-refractivity contribution in [3.05, 3.63) is 53.6 Å². The van der Waals surface area contributed by atoms with E-state index in [-0.39, 0.29) is 0 Å². The first kappa shape index (κ1) is 16.8. The lowest BCUT2D eigenvalue weighted by Crippen LogP contribution is -2.68. The molecule has 0 saturated carbocycles. The van der Waals surface area contributed by atoms with Crippen LogP contribution >= 0.6 is 0 Å². The Hall–Kier alpha value is -2.66. The Bertz CT molecular complexity index is 831. The number of nitrogens with zero attached hydrogens (tertiary/aromatic N) is 5. The Balaban J connectivity index is 1.40. The summed E-state index contributed by atoms with van der Waals surface area (Å²) in [5.74, 6) is 0. The van der Waals surface area contributed by atoms with Gasteiger partial charge in [-0.25, -0.2) is 4.98 Å². The normalized spacial score (nSPS) is 22.6. The number of fused-ring (bicyclic) bond motifs is 2. The number of pyridine rings is 2. The molecule has 5 nitrogen and oxygen atoms in total. The molecule has 3 aliphatic rings. The van der Waals surface area contributed by atoms with Crippen molar-refractivity contribution < 1.29 is 13.2 Å². The minimum atomic E-state index is -4.40. The van der Waals surface area contributed by atoms with Gasteiger partial charge >= 0.3 is 6.18 Å². The van der Waals surface area contributed by atoms with Crippen LogP contribution < -0.4 is 4.90 Å². The van der Waals surface area contributed by atoms with Gasteiger partial charge in [0.2, 0.25) is 0 Å². The molecule has 2 aromatic heterocycles. The minimum Gasteiger partial charge on any atom is -0.363 e. The van der Waals surface area contributed by atoms with Crippen molar-refractivity contribution in [1.82, 2.24) is 14.9 Å². The molecular weight excluding hydrogens is 343 g/mol. The second-order valence-corrected chi connectivity index (χ2v) is 6.71. The Kier molecular flexibility index (Phi) is 4.04. The average Bonchev–Trinajstić information content (AvgIpc) is 2.61. The van der Waals surface area contributed by atoms with Gasteiger partial charge in [-0.05, 0) is 30.2 Å². The summed E-state index contributed by atoms with van der Waals surface area (Å²) in [6.45, 7) is 2.26. The summed E-state index contributed by atoms with van der Waals surface area (Å²) in [5.41, 5.74) is 1.33. The highest BCUT2D eigenvalue weighted by Crippen LogP contribution is 2.37. The number of piperazine rings is 1. The molecule has 2 aromatic rings. The number of nitriles is 1. The number of alkyl halides is 3. The lowest BCUT2D eigenvalue weighted by molar-refractivity contribution is -0.141. The number of piperidine rings is 1. The maximum atomic E-state index is 12.6. The lowest BCUT2D eigenvalue weighted by atomic mass is 9.86. The lowest BCUT2D eigenvalue weighted by Gasteiger charge is -2.57. The first-order valence-corrected chi connectivity index (χ1v) is 8.33. The van der Waals surface area contributed by atoms with E-state index in [0.29, 0.717) is 24.3 Å². The zero-order valence-corrected chi connectivity index (χ0v) is 13.8. The fourth-order valence-corrected chi connectivity index (χ4v) is 3.83. The van der Waals surface area contributed by atoms with Crippen LogP contribution in [0.25, 0.3) is 0 Å². The molecule has 2 atom stereocenters. The van der Waals surface area contributed by atoms with Gasteiger partial charge in [0.05, 0.1) is 0 Å². The molecule has 3 aliphatic heterocycles. The zero-order valence-electron chi connectivity index (χ0n) is 13.8. The predicted octanol–water partition coefficient (Wildman–Crippen LogP) is 2.83. The highest BCUT2D eigenvalue weighted by Gasteiger charge is 2.44. The number of anilines is 1. The summed E-state index contributed by atoms with van der Waals surface area (Å²) in [6, 6.07) is 9.00. The van der Waals surface area contributed by atoms with Crippen LogP contribution in [-0.2, 0) is 12.7 Å². The van der Waals surface area contributed by atoms with Crippen LogP contribution in [0.1, 0.15) is 23.4 Å². The largest absolute Gasteiger partial charge is 0.433 e. The molecule has 0 aliphatic carbocycles. The van der Waals surface area contributed by atoms with E-state index < -0.39 is 11.9 Å². The number of halogens is 3. The van der Waals surface area contributed by atoms with Gasteiger partial charge in [-0.15, -0.1) is 0 Å². The molecule has 3 saturated heterocycles. The Morgan fingerprint density at radius 3 is 2.54 bits per heavy atom. The standard InChI is InChI=1S/C18H16F3N5/c19-18(20,21)17-2-1-12(8-24-17)9-25-10-15-6-16(11-25)26(15)14-3-4-23-13(5-14)7-22/h1-5,8,15-16H,6,9-11H2. The molecule has 0 N–H and O–H groups in total. The Morgan fingerprint density at radius 1 is 1.15 bits per heavy atom. The molecule has 26 heavy (non-hydrogen) atoms. The molecule has 5 heterocycles. The van der Waals surface area contributed by atoms with E-state index in [9.17, 15) is 13.2 Å². The van der Waals surface area contributed by atoms with Crippen LogP contribution in [0, 0.1) is 11.3 Å². The predicted molar refractivity (Wildman–Crippen MR) is 88.1 cm³/mol. The second-order valence-electron chi connectivity index (χ2n) is 6.71. The van der Waals surface area contributed by atoms with E-state index in [4.69, 9.17) is 5.26 Å². The molecule has 2 unspecified atom stereocenters. The van der Waals surface area contributed by atoms with E-state index in [1.165, 1.54) is 12.3 Å². The van der Waals surface area contributed by atoms with Gasteiger partial charge in [0.15, 0.2) is 0 Å². The van der Waals surface area contributed by atoms with Crippen LogP contribution in [0.2, 0.25) is 0 Å². The molecule has 134 valence electrons. The molecule has 0 radical (unpaired) electrons. The quantitative estimate of drug-likeness (QED) is 0.844. The smallest absolute Gasteiger partial charge is 0.363 e. The van der Waals surface area contributed by atoms with Crippen molar-refractivity contribution in [1.29, 1.82) is 5.26 Å². The molecule has 3 fully saturated rings. The monoisotopic (exact) mass is 359 g/mol. The summed E-state index contributed by atoms with van der Waals surface area (Å²) < 4.78 is 37.8. The molecule has 5 rings (SSSR count). The number of rotatable bonds is 3. The molecule has 8 heteroatoms. The van der Waals surface area contributed by atoms with Crippen molar-refractivity contribution >= 4 is 5.69 Å². The highest BCUT2D eigenvalue weighted by molar-refractivity contribution is 5.54. The SMILES string of the molecule is N#Cc1cc(N2C3CC2CN(Cc2ccc(C(F)(F)F)nc2)C3)ccn1. The fourth-order valence-electron chi connectivity index (χ4n) is 3.83. The summed E-state index contributed by atoms with van der Waals surface area (Å²) in [7, 11) is 0. The second kappa shape index (κ2) is 6.25. The van der Waals surface area contributed by atoms with E-state index in [1.807, 2.05) is 6.07 Å². The van der Waals surface area contributed by atoms with Crippen LogP contribution in [0.5, 0.6) is 0 Å². The van der Waals surface area contributed by atoms with E-state index in [1.54, 1.807) is 12.3 Å². The van der Waals surface area contributed by atoms with E-state index in [0.717, 1.165) is 36.8 Å². The minimum absolute atomic E-state index is 0.352. The zero-order chi connectivity index (χ0) is 18.3. The maximum Gasteiger partial charge on any atom is 0.433 e. The van der Waals surface area contributed by atoms with Gasteiger partial charge < -0.3 is 4.90 Å². The number of aromatic nitrogens is 2. The molecule has 0 aromatic carbocycles. The van der Waals surface area contributed by atoms with Gasteiger partial charge in [0.1, 0.15) is 17.5 Å². The third kappa shape index (κ3) is 3.10. The molecular formula is C18H16F3N5. The van der Waals surface area contributed by atoms with Crippen molar-refractivity contribution in [2.24, 2.45) is 0 Å². The summed E-state index contributed by atoms with van der Waals surface area (Å²) in [6.07, 6.45) is -0.360. The van der Waals surface area contributed by atoms with Crippen LogP contribution in [0.15, 0.2) is 36.7 Å². The first-order valence-electron chi connectivity index (χ1n) is 8.33. The number of hydrogen-bond donors (Lipinski definition) is 0. The van der Waals surface area contributed by atoms with Crippen molar-refractivity contribution in [3.63, 3.8) is 0 Å². The summed E-state index contributed by atoms with van der Waals surface area (Å²) in [4.78, 5) is 12.1. The van der Waals surface area contributed by atoms with Crippen LogP contribution in [0.4, 0.5) is 18.9 Å². The fraction of sp³-hybridized carbons (Fsp3) is 0.389. The number of hydrogen-bond acceptors (Lipinski definition) is 5. The van der Waals surface area contributed by atoms with Gasteiger partial charge in [0, 0.05) is 49.8 Å². The van der Waals surface area contributed by atoms with Crippen molar-refractivity contribution in [2.75, 3.05) is 18.0 Å². The molecule has 0 spiro atoms. The highest BCUT2D eigenvalue weighted by atomic mass is 19.4. The summed E-state index contributed by atoms with van der Waals surface area (Å²) in [5, 5.41) is 9.00. The maximum absolute atomic E-state index is 12.6. The third-order valence-corrected chi connectivity index (χ3v) is 4.95. The molecule has 2 bridgehead atoms. The molecule has 0 amide bonds. The van der Waals surface area contributed by atoms with Crippen LogP contribution in [0.3, 0.4) is 0 Å². The van der Waals surface area contributed by atoms with Gasteiger partial charge in [-0.1, -0.05) is 6.07 Å². The van der Waals surface area contributed by atoms with E-state index >= 15 is 0 Å². The average molecular weight is 359 g/mol. The summed E-state index contributed by atoms with van der Waals surface area (Å²) >= 11 is 0. The van der Waals surface area contributed by atoms with E-state index in [2.05, 4.69) is 25.8 Å². The first-order chi connectivity index (χ1) is 12.4.